The van der Waals surface area contributed by atoms with Gasteiger partial charge in [0.2, 0.25) is 11.9 Å². The third-order valence-corrected chi connectivity index (χ3v) is 5.10. The van der Waals surface area contributed by atoms with Crippen LogP contribution in [0.5, 0.6) is 0 Å². The summed E-state index contributed by atoms with van der Waals surface area (Å²) in [5.74, 6) is 1.99. The fourth-order valence-electron chi connectivity index (χ4n) is 3.77. The van der Waals surface area contributed by atoms with Gasteiger partial charge in [0.25, 0.3) is 0 Å². The molecule has 1 atom stereocenters. The molecule has 0 spiro atoms. The van der Waals surface area contributed by atoms with Crippen molar-refractivity contribution in [3.8, 4) is 0 Å². The number of anilines is 2. The Morgan fingerprint density at radius 3 is 2.80 bits per heavy atom. The van der Waals surface area contributed by atoms with E-state index in [9.17, 15) is 4.79 Å². The van der Waals surface area contributed by atoms with Crippen LogP contribution in [0.3, 0.4) is 0 Å². The molecule has 130 valence electrons. The molecule has 2 aromatic heterocycles. The first kappa shape index (κ1) is 15.9. The standard InChI is InChI=1S/C18H22N6O/c25-17(13-3-1-2-4-13)24-10-6-14(12-24)15-5-7-21-18(22-15)23-16-11-19-8-9-20-16/h5,7-9,11,13-14H,1-4,6,10,12H2,(H,20,21,22,23)/t14-/m0/s1. The van der Waals surface area contributed by atoms with Gasteiger partial charge in [0.1, 0.15) is 0 Å². The van der Waals surface area contributed by atoms with Crippen molar-refractivity contribution in [1.82, 2.24) is 24.8 Å². The quantitative estimate of drug-likeness (QED) is 0.922. The minimum absolute atomic E-state index is 0.248. The maximum absolute atomic E-state index is 12.6. The molecule has 1 N–H and O–H groups in total. The number of likely N-dealkylation sites (tertiary alicyclic amines) is 1. The van der Waals surface area contributed by atoms with Crippen molar-refractivity contribution in [2.45, 2.75) is 38.0 Å². The summed E-state index contributed by atoms with van der Waals surface area (Å²) in [6.07, 6.45) is 12.1. The molecule has 3 heterocycles. The molecule has 1 aliphatic carbocycles. The summed E-state index contributed by atoms with van der Waals surface area (Å²) in [4.78, 5) is 31.7. The van der Waals surface area contributed by atoms with E-state index in [0.29, 0.717) is 17.7 Å². The summed E-state index contributed by atoms with van der Waals surface area (Å²) in [5.41, 5.74) is 0.975. The average Bonchev–Trinajstić information content (AvgIpc) is 3.34. The zero-order valence-electron chi connectivity index (χ0n) is 14.1. The predicted molar refractivity (Wildman–Crippen MR) is 93.2 cm³/mol. The van der Waals surface area contributed by atoms with Crippen LogP contribution in [0.4, 0.5) is 11.8 Å². The van der Waals surface area contributed by atoms with Gasteiger partial charge in [-0.2, -0.15) is 0 Å². The Morgan fingerprint density at radius 1 is 1.12 bits per heavy atom. The van der Waals surface area contributed by atoms with E-state index in [2.05, 4.69) is 25.3 Å². The van der Waals surface area contributed by atoms with Gasteiger partial charge >= 0.3 is 0 Å². The highest BCUT2D eigenvalue weighted by atomic mass is 16.2. The highest BCUT2D eigenvalue weighted by Gasteiger charge is 2.33. The zero-order valence-corrected chi connectivity index (χ0v) is 14.1. The molecule has 1 saturated carbocycles. The van der Waals surface area contributed by atoms with Gasteiger partial charge in [-0.1, -0.05) is 12.8 Å². The van der Waals surface area contributed by atoms with Gasteiger partial charge in [-0.3, -0.25) is 9.78 Å². The Morgan fingerprint density at radius 2 is 2.00 bits per heavy atom. The van der Waals surface area contributed by atoms with E-state index in [1.165, 1.54) is 12.8 Å². The Hall–Kier alpha value is -2.57. The first-order valence-corrected chi connectivity index (χ1v) is 8.94. The molecule has 0 radical (unpaired) electrons. The summed E-state index contributed by atoms with van der Waals surface area (Å²) < 4.78 is 0. The summed E-state index contributed by atoms with van der Waals surface area (Å²) >= 11 is 0. The van der Waals surface area contributed by atoms with E-state index in [4.69, 9.17) is 0 Å². The van der Waals surface area contributed by atoms with Gasteiger partial charge in [0.05, 0.1) is 11.9 Å². The number of carbonyl (C=O) groups is 1. The lowest BCUT2D eigenvalue weighted by Gasteiger charge is -2.20. The molecule has 2 aromatic rings. The van der Waals surface area contributed by atoms with Gasteiger partial charge in [-0.05, 0) is 25.3 Å². The van der Waals surface area contributed by atoms with Crippen molar-refractivity contribution < 1.29 is 4.79 Å². The fraction of sp³-hybridized carbons (Fsp3) is 0.500. The van der Waals surface area contributed by atoms with E-state index in [1.807, 2.05) is 11.0 Å². The number of nitrogens with zero attached hydrogens (tertiary/aromatic N) is 5. The Kier molecular flexibility index (Phi) is 4.54. The molecule has 1 amide bonds. The summed E-state index contributed by atoms with van der Waals surface area (Å²) in [5, 5.41) is 3.07. The average molecular weight is 338 g/mol. The second-order valence-corrected chi connectivity index (χ2v) is 6.77. The van der Waals surface area contributed by atoms with E-state index in [0.717, 1.165) is 38.0 Å². The minimum atomic E-state index is 0.248. The number of rotatable bonds is 4. The van der Waals surface area contributed by atoms with Crippen molar-refractivity contribution in [2.24, 2.45) is 5.92 Å². The van der Waals surface area contributed by atoms with Crippen LogP contribution in [-0.2, 0) is 4.79 Å². The Bertz CT molecular complexity index is 731. The highest BCUT2D eigenvalue weighted by molar-refractivity contribution is 5.79. The predicted octanol–water partition coefficient (Wildman–Crippen LogP) is 2.52. The second kappa shape index (κ2) is 7.13. The van der Waals surface area contributed by atoms with E-state index < -0.39 is 0 Å². The van der Waals surface area contributed by atoms with E-state index in [-0.39, 0.29) is 11.8 Å². The van der Waals surface area contributed by atoms with Crippen LogP contribution in [0.15, 0.2) is 30.9 Å². The van der Waals surface area contributed by atoms with Crippen LogP contribution < -0.4 is 5.32 Å². The maximum atomic E-state index is 12.6. The number of hydrogen-bond acceptors (Lipinski definition) is 6. The molecule has 4 rings (SSSR count). The first-order chi connectivity index (χ1) is 12.3. The highest BCUT2D eigenvalue weighted by Crippen LogP contribution is 2.31. The lowest BCUT2D eigenvalue weighted by Crippen LogP contribution is -2.33. The maximum Gasteiger partial charge on any atom is 0.228 e. The molecule has 7 nitrogen and oxygen atoms in total. The molecule has 2 aliphatic rings. The van der Waals surface area contributed by atoms with Crippen molar-refractivity contribution in [3.05, 3.63) is 36.5 Å². The summed E-state index contributed by atoms with van der Waals surface area (Å²) in [6.45, 7) is 1.59. The number of amides is 1. The van der Waals surface area contributed by atoms with E-state index in [1.54, 1.807) is 24.8 Å². The molecule has 0 unspecified atom stereocenters. The Labute approximate surface area is 146 Å². The number of carbonyl (C=O) groups excluding carboxylic acids is 1. The Balaban J connectivity index is 1.42. The first-order valence-electron chi connectivity index (χ1n) is 8.94. The molecule has 0 aromatic carbocycles. The van der Waals surface area contributed by atoms with Gasteiger partial charge in [0, 0.05) is 43.5 Å². The minimum Gasteiger partial charge on any atom is -0.342 e. The van der Waals surface area contributed by atoms with Crippen LogP contribution in [0, 0.1) is 5.92 Å². The topological polar surface area (TPSA) is 83.9 Å². The molecule has 1 aliphatic heterocycles. The van der Waals surface area contributed by atoms with Crippen LogP contribution in [0.1, 0.15) is 43.7 Å². The van der Waals surface area contributed by atoms with Crippen molar-refractivity contribution in [3.63, 3.8) is 0 Å². The molecule has 2 fully saturated rings. The SMILES string of the molecule is O=C(C1CCCC1)N1CC[C@H](c2ccnc(Nc3cnccn3)n2)C1. The van der Waals surface area contributed by atoms with Gasteiger partial charge in [-0.25, -0.2) is 15.0 Å². The van der Waals surface area contributed by atoms with Crippen LogP contribution >= 0.6 is 0 Å². The van der Waals surface area contributed by atoms with Crippen molar-refractivity contribution in [1.29, 1.82) is 0 Å². The second-order valence-electron chi connectivity index (χ2n) is 6.77. The third-order valence-electron chi connectivity index (χ3n) is 5.10. The number of hydrogen-bond donors (Lipinski definition) is 1. The lowest BCUT2D eigenvalue weighted by atomic mass is 10.0. The largest absolute Gasteiger partial charge is 0.342 e. The van der Waals surface area contributed by atoms with Gasteiger partial charge in [0.15, 0.2) is 5.82 Å². The summed E-state index contributed by atoms with van der Waals surface area (Å²) in [6, 6.07) is 1.94. The zero-order chi connectivity index (χ0) is 17.1. The molecular weight excluding hydrogens is 316 g/mol. The molecule has 1 saturated heterocycles. The molecule has 7 heteroatoms. The smallest absolute Gasteiger partial charge is 0.228 e. The van der Waals surface area contributed by atoms with Gasteiger partial charge in [-0.15, -0.1) is 0 Å². The molecule has 25 heavy (non-hydrogen) atoms. The third kappa shape index (κ3) is 3.60. The van der Waals surface area contributed by atoms with E-state index >= 15 is 0 Å². The number of aromatic nitrogens is 4. The number of nitrogens with one attached hydrogen (secondary N) is 1. The summed E-state index contributed by atoms with van der Waals surface area (Å²) in [7, 11) is 0. The monoisotopic (exact) mass is 338 g/mol. The van der Waals surface area contributed by atoms with Gasteiger partial charge < -0.3 is 10.2 Å². The fourth-order valence-corrected chi connectivity index (χ4v) is 3.77. The normalized spacial score (nSPS) is 20.8. The van der Waals surface area contributed by atoms with Crippen LogP contribution in [0.25, 0.3) is 0 Å². The molecule has 0 bridgehead atoms. The van der Waals surface area contributed by atoms with Crippen LogP contribution in [0.2, 0.25) is 0 Å². The molecular formula is C18H22N6O. The lowest BCUT2D eigenvalue weighted by molar-refractivity contribution is -0.134. The van der Waals surface area contributed by atoms with Crippen LogP contribution in [-0.4, -0.2) is 43.8 Å². The van der Waals surface area contributed by atoms with Crippen molar-refractivity contribution in [2.75, 3.05) is 18.4 Å². The van der Waals surface area contributed by atoms with Crippen molar-refractivity contribution >= 4 is 17.7 Å².